The normalized spacial score (nSPS) is 24.6. The van der Waals surface area contributed by atoms with Crippen molar-refractivity contribution < 1.29 is 22.0 Å². The number of unbranched alkanes of at least 4 members (excludes halogenated alkanes) is 1. The lowest BCUT2D eigenvalue weighted by Crippen LogP contribution is -2.43. The fraction of sp³-hybridized carbons (Fsp3) is 0.538. The molecule has 4 rings (SSSR count). The summed E-state index contributed by atoms with van der Waals surface area (Å²) in [5.41, 5.74) is 1.24. The number of aryl methyl sites for hydroxylation is 1. The SMILES string of the molecule is CCCCC1CCC(c2ccc(-c3cc(F)c4c(c3)CCC(F)(F)C4(F)F)cc2)CC1. The van der Waals surface area contributed by atoms with Gasteiger partial charge in [0, 0.05) is 6.42 Å². The molecule has 0 aromatic heterocycles. The molecule has 0 spiro atoms. The third-order valence-electron chi connectivity index (χ3n) is 7.18. The van der Waals surface area contributed by atoms with Gasteiger partial charge in [-0.2, -0.15) is 17.6 Å². The van der Waals surface area contributed by atoms with Crippen molar-refractivity contribution in [3.8, 4) is 11.1 Å². The highest BCUT2D eigenvalue weighted by atomic mass is 19.3. The second kappa shape index (κ2) is 8.55. The Morgan fingerprint density at radius 3 is 2.23 bits per heavy atom. The monoisotopic (exact) mass is 436 g/mol. The number of hydrogen-bond donors (Lipinski definition) is 0. The highest BCUT2D eigenvalue weighted by Gasteiger charge is 2.61. The molecule has 0 heterocycles. The summed E-state index contributed by atoms with van der Waals surface area (Å²) >= 11 is 0. The molecule has 0 nitrogen and oxygen atoms in total. The smallest absolute Gasteiger partial charge is 0.206 e. The molecule has 0 saturated heterocycles. The lowest BCUT2D eigenvalue weighted by Gasteiger charge is -2.33. The summed E-state index contributed by atoms with van der Waals surface area (Å²) in [6, 6.07) is 10.2. The molecular weight excluding hydrogens is 407 g/mol. The Labute approximate surface area is 180 Å². The van der Waals surface area contributed by atoms with Gasteiger partial charge >= 0.3 is 11.8 Å². The number of alkyl halides is 4. The van der Waals surface area contributed by atoms with Crippen molar-refractivity contribution in [2.75, 3.05) is 0 Å². The number of rotatable bonds is 5. The molecule has 0 bridgehead atoms. The van der Waals surface area contributed by atoms with Crippen molar-refractivity contribution in [2.24, 2.45) is 5.92 Å². The maximum atomic E-state index is 14.5. The van der Waals surface area contributed by atoms with Crippen LogP contribution in [0.5, 0.6) is 0 Å². The maximum absolute atomic E-state index is 14.5. The van der Waals surface area contributed by atoms with E-state index in [2.05, 4.69) is 6.92 Å². The fourth-order valence-corrected chi connectivity index (χ4v) is 5.24. The van der Waals surface area contributed by atoms with E-state index in [0.717, 1.165) is 12.0 Å². The quantitative estimate of drug-likeness (QED) is 0.412. The minimum absolute atomic E-state index is 0.0274. The Balaban J connectivity index is 1.51. The first kappa shape index (κ1) is 22.3. The van der Waals surface area contributed by atoms with Crippen LogP contribution < -0.4 is 0 Å². The van der Waals surface area contributed by atoms with Crippen molar-refractivity contribution in [3.63, 3.8) is 0 Å². The average Bonchev–Trinajstić information content (AvgIpc) is 2.75. The third-order valence-corrected chi connectivity index (χ3v) is 7.18. The highest BCUT2D eigenvalue weighted by Crippen LogP contribution is 2.51. The molecule has 0 radical (unpaired) electrons. The van der Waals surface area contributed by atoms with E-state index in [-0.39, 0.29) is 12.0 Å². The molecule has 0 amide bonds. The lowest BCUT2D eigenvalue weighted by atomic mass is 9.77. The van der Waals surface area contributed by atoms with E-state index in [9.17, 15) is 22.0 Å². The summed E-state index contributed by atoms with van der Waals surface area (Å²) in [6.45, 7) is 2.22. The van der Waals surface area contributed by atoms with Crippen LogP contribution >= 0.6 is 0 Å². The van der Waals surface area contributed by atoms with E-state index in [1.54, 1.807) is 0 Å². The Bertz CT molecular complexity index is 908. The van der Waals surface area contributed by atoms with Gasteiger partial charge in [-0.3, -0.25) is 0 Å². The maximum Gasteiger partial charge on any atom is 0.338 e. The molecule has 1 fully saturated rings. The van der Waals surface area contributed by atoms with Gasteiger partial charge in [-0.05, 0) is 72.3 Å². The van der Waals surface area contributed by atoms with Gasteiger partial charge in [-0.15, -0.1) is 0 Å². The molecule has 168 valence electrons. The van der Waals surface area contributed by atoms with Gasteiger partial charge in [-0.1, -0.05) is 56.5 Å². The summed E-state index contributed by atoms with van der Waals surface area (Å²) in [5.74, 6) is -8.61. The largest absolute Gasteiger partial charge is 0.338 e. The molecule has 2 aliphatic carbocycles. The van der Waals surface area contributed by atoms with Crippen molar-refractivity contribution in [1.82, 2.24) is 0 Å². The molecule has 1 saturated carbocycles. The molecule has 2 aromatic carbocycles. The van der Waals surface area contributed by atoms with Crippen molar-refractivity contribution in [2.45, 2.75) is 82.5 Å². The second-order valence-corrected chi connectivity index (χ2v) is 9.25. The number of halogens is 5. The van der Waals surface area contributed by atoms with E-state index in [1.165, 1.54) is 56.6 Å². The molecule has 0 aliphatic heterocycles. The minimum atomic E-state index is -4.48. The Morgan fingerprint density at radius 2 is 1.58 bits per heavy atom. The van der Waals surface area contributed by atoms with E-state index in [1.807, 2.05) is 24.3 Å². The van der Waals surface area contributed by atoms with Gasteiger partial charge in [0.15, 0.2) is 0 Å². The van der Waals surface area contributed by atoms with Gasteiger partial charge in [0.2, 0.25) is 0 Å². The average molecular weight is 437 g/mol. The first-order valence-corrected chi connectivity index (χ1v) is 11.4. The zero-order chi connectivity index (χ0) is 22.2. The van der Waals surface area contributed by atoms with Gasteiger partial charge in [0.05, 0.1) is 5.56 Å². The van der Waals surface area contributed by atoms with Crippen LogP contribution in [0.15, 0.2) is 36.4 Å². The minimum Gasteiger partial charge on any atom is -0.206 e. The summed E-state index contributed by atoms with van der Waals surface area (Å²) in [5, 5.41) is 0. The van der Waals surface area contributed by atoms with Gasteiger partial charge in [0.1, 0.15) is 5.82 Å². The molecule has 0 unspecified atom stereocenters. The zero-order valence-corrected chi connectivity index (χ0v) is 17.9. The van der Waals surface area contributed by atoms with E-state index < -0.39 is 29.6 Å². The highest BCUT2D eigenvalue weighted by molar-refractivity contribution is 5.66. The molecule has 2 aromatic rings. The van der Waals surface area contributed by atoms with Crippen LogP contribution in [0.1, 0.15) is 80.9 Å². The standard InChI is InChI=1S/C26H29F5/c1-2-3-4-17-5-7-18(8-6-17)19-9-11-20(12-10-19)22-15-21-13-14-25(28,29)26(30,31)24(21)23(27)16-22/h9-12,15-18H,2-8,13-14H2,1H3. The number of benzene rings is 2. The lowest BCUT2D eigenvalue weighted by molar-refractivity contribution is -0.226. The van der Waals surface area contributed by atoms with Gasteiger partial charge in [-0.25, -0.2) is 4.39 Å². The third kappa shape index (κ3) is 4.25. The van der Waals surface area contributed by atoms with Crippen LogP contribution in [0.3, 0.4) is 0 Å². The zero-order valence-electron chi connectivity index (χ0n) is 17.9. The van der Waals surface area contributed by atoms with Crippen LogP contribution in [0.25, 0.3) is 11.1 Å². The number of fused-ring (bicyclic) bond motifs is 1. The van der Waals surface area contributed by atoms with Crippen molar-refractivity contribution in [3.05, 3.63) is 58.9 Å². The fourth-order valence-electron chi connectivity index (χ4n) is 5.24. The van der Waals surface area contributed by atoms with Gasteiger partial charge in [0.25, 0.3) is 0 Å². The van der Waals surface area contributed by atoms with E-state index >= 15 is 0 Å². The summed E-state index contributed by atoms with van der Waals surface area (Å²) in [7, 11) is 0. The van der Waals surface area contributed by atoms with Crippen molar-refractivity contribution in [1.29, 1.82) is 0 Å². The topological polar surface area (TPSA) is 0 Å². The first-order valence-electron chi connectivity index (χ1n) is 11.4. The Hall–Kier alpha value is -1.91. The van der Waals surface area contributed by atoms with Crippen LogP contribution in [0.4, 0.5) is 22.0 Å². The second-order valence-electron chi connectivity index (χ2n) is 9.25. The first-order chi connectivity index (χ1) is 14.7. The predicted molar refractivity (Wildman–Crippen MR) is 113 cm³/mol. The summed E-state index contributed by atoms with van der Waals surface area (Å²) in [4.78, 5) is 0. The van der Waals surface area contributed by atoms with Crippen LogP contribution in [0.2, 0.25) is 0 Å². The summed E-state index contributed by atoms with van der Waals surface area (Å²) in [6.07, 6.45) is 7.46. The number of hydrogen-bond acceptors (Lipinski definition) is 0. The van der Waals surface area contributed by atoms with Crippen LogP contribution in [-0.4, -0.2) is 5.92 Å². The van der Waals surface area contributed by atoms with Gasteiger partial charge < -0.3 is 0 Å². The molecular formula is C26H29F5. The molecule has 5 heteroatoms. The van der Waals surface area contributed by atoms with E-state index in [4.69, 9.17) is 0 Å². The Kier molecular flexibility index (Phi) is 6.15. The van der Waals surface area contributed by atoms with Crippen LogP contribution in [0, 0.1) is 11.7 Å². The predicted octanol–water partition coefficient (Wildman–Crippen LogP) is 8.63. The summed E-state index contributed by atoms with van der Waals surface area (Å²) < 4.78 is 70.1. The van der Waals surface area contributed by atoms with Crippen LogP contribution in [-0.2, 0) is 12.3 Å². The molecule has 0 N–H and O–H groups in total. The molecule has 2 aliphatic rings. The molecule has 31 heavy (non-hydrogen) atoms. The molecule has 0 atom stereocenters. The van der Waals surface area contributed by atoms with Crippen molar-refractivity contribution >= 4 is 0 Å². The van der Waals surface area contributed by atoms with E-state index in [0.29, 0.717) is 17.0 Å². The Morgan fingerprint density at radius 1 is 0.903 bits per heavy atom.